The van der Waals surface area contributed by atoms with E-state index in [1.54, 1.807) is 16.0 Å². The van der Waals surface area contributed by atoms with Gasteiger partial charge in [-0.2, -0.15) is 0 Å². The van der Waals surface area contributed by atoms with Gasteiger partial charge in [0.15, 0.2) is 0 Å². The van der Waals surface area contributed by atoms with E-state index in [4.69, 9.17) is 0 Å². The Hall–Kier alpha value is 0.01000. The summed E-state index contributed by atoms with van der Waals surface area (Å²) in [6.45, 7) is 3.50. The lowest BCUT2D eigenvalue weighted by molar-refractivity contribution is 0.549. The van der Waals surface area contributed by atoms with Gasteiger partial charge in [0.2, 0.25) is 0 Å². The zero-order valence-corrected chi connectivity index (χ0v) is 6.40. The first-order valence-corrected chi connectivity index (χ1v) is 4.33. The molecule has 0 amide bonds. The zero-order chi connectivity index (χ0) is 6.78. The van der Waals surface area contributed by atoms with Crippen molar-refractivity contribution in [2.75, 3.05) is 20.4 Å². The van der Waals surface area contributed by atoms with E-state index in [1.807, 2.05) is 14.1 Å². The van der Waals surface area contributed by atoms with E-state index >= 15 is 0 Å². The second kappa shape index (κ2) is 2.53. The molecule has 0 radical (unpaired) electrons. The number of nitrogens with zero attached hydrogens (tertiary/aromatic N) is 1. The molecule has 8 heavy (non-hydrogen) atoms. The second-order valence-corrected chi connectivity index (χ2v) is 4.72. The van der Waals surface area contributed by atoms with Crippen LogP contribution < -0.4 is 0 Å². The minimum Gasteiger partial charge on any atom is -0.335 e. The van der Waals surface area contributed by atoms with Crippen LogP contribution in [0.3, 0.4) is 0 Å². The van der Waals surface area contributed by atoms with Crippen LogP contribution in [0.5, 0.6) is 0 Å². The normalized spacial score (nSPS) is 22.1. The van der Waals surface area contributed by atoms with Crippen molar-refractivity contribution in [1.29, 1.82) is 0 Å². The summed E-state index contributed by atoms with van der Waals surface area (Å²) in [4.78, 5) is 0. The van der Waals surface area contributed by atoms with Gasteiger partial charge in [-0.3, -0.25) is 4.31 Å². The molecule has 0 aliphatic carbocycles. The first-order chi connectivity index (χ1) is 3.50. The van der Waals surface area contributed by atoms with Gasteiger partial charge in [-0.15, -0.1) is 0 Å². The molecule has 0 aliphatic heterocycles. The molecule has 0 saturated carbocycles. The Balaban J connectivity index is 3.90. The van der Waals surface area contributed by atoms with Crippen molar-refractivity contribution < 1.29 is 4.55 Å². The summed E-state index contributed by atoms with van der Waals surface area (Å²) in [5.41, 5.74) is 0. The molecule has 0 saturated heterocycles. The third kappa shape index (κ3) is 1.86. The molecule has 0 bridgehead atoms. The minimum atomic E-state index is -1.64. The molecule has 2 nitrogen and oxygen atoms in total. The van der Waals surface area contributed by atoms with Gasteiger partial charge in [-0.25, -0.2) is 0 Å². The molecular formula is C5H13NOS. The standard InChI is InChI=1S/C5H13NOS/c1-5-8(4,7)6(2)3/h5,7H,1H2,2-4H3. The highest BCUT2D eigenvalue weighted by Gasteiger charge is 2.09. The van der Waals surface area contributed by atoms with Crippen LogP contribution in [0.15, 0.2) is 12.0 Å². The average Bonchev–Trinajstić information content (AvgIpc) is 1.67. The molecule has 1 unspecified atom stereocenters. The summed E-state index contributed by atoms with van der Waals surface area (Å²) in [6.07, 6.45) is 1.76. The molecule has 0 aliphatic rings. The SMILES string of the molecule is C=CS(C)(O)N(C)C. The van der Waals surface area contributed by atoms with Gasteiger partial charge in [-0.05, 0) is 19.5 Å². The molecule has 0 heterocycles. The maximum absolute atomic E-state index is 9.29. The quantitative estimate of drug-likeness (QED) is 0.620. The molecule has 0 rings (SSSR count). The van der Waals surface area contributed by atoms with Crippen LogP contribution in [0, 0.1) is 0 Å². The highest BCUT2D eigenvalue weighted by Crippen LogP contribution is 2.41. The van der Waals surface area contributed by atoms with E-state index in [2.05, 4.69) is 6.58 Å². The van der Waals surface area contributed by atoms with Crippen molar-refractivity contribution in [1.82, 2.24) is 4.31 Å². The Morgan fingerprint density at radius 2 is 2.00 bits per heavy atom. The molecule has 0 spiro atoms. The third-order valence-electron chi connectivity index (χ3n) is 1.06. The highest BCUT2D eigenvalue weighted by atomic mass is 32.3. The van der Waals surface area contributed by atoms with Crippen molar-refractivity contribution in [3.63, 3.8) is 0 Å². The van der Waals surface area contributed by atoms with E-state index in [0.717, 1.165) is 0 Å². The fraction of sp³-hybridized carbons (Fsp3) is 0.600. The van der Waals surface area contributed by atoms with Gasteiger partial charge >= 0.3 is 0 Å². The number of hydrogen-bond acceptors (Lipinski definition) is 2. The van der Waals surface area contributed by atoms with E-state index in [9.17, 15) is 4.55 Å². The molecule has 0 aromatic heterocycles. The summed E-state index contributed by atoms with van der Waals surface area (Å²) in [7, 11) is 2.02. The van der Waals surface area contributed by atoms with Crippen molar-refractivity contribution >= 4 is 10.5 Å². The van der Waals surface area contributed by atoms with Crippen molar-refractivity contribution in [3.8, 4) is 0 Å². The van der Waals surface area contributed by atoms with Gasteiger partial charge in [0.1, 0.15) is 0 Å². The molecular weight excluding hydrogens is 122 g/mol. The topological polar surface area (TPSA) is 23.5 Å². The molecule has 1 atom stereocenters. The summed E-state index contributed by atoms with van der Waals surface area (Å²) in [6, 6.07) is 0. The Labute approximate surface area is 52.5 Å². The second-order valence-electron chi connectivity index (χ2n) is 1.87. The van der Waals surface area contributed by atoms with Crippen molar-refractivity contribution in [2.24, 2.45) is 0 Å². The van der Waals surface area contributed by atoms with E-state index in [1.165, 1.54) is 0 Å². The Bertz CT molecular complexity index is 90.4. The first kappa shape index (κ1) is 8.01. The Morgan fingerprint density at radius 3 is 2.00 bits per heavy atom. The molecule has 3 heteroatoms. The lowest BCUT2D eigenvalue weighted by atomic mass is 11.3. The maximum Gasteiger partial charge on any atom is 0.00366 e. The van der Waals surface area contributed by atoms with Crippen LogP contribution in [0.25, 0.3) is 0 Å². The van der Waals surface area contributed by atoms with Crippen LogP contribution in [-0.4, -0.2) is 29.2 Å². The lowest BCUT2D eigenvalue weighted by Gasteiger charge is -2.31. The lowest BCUT2D eigenvalue weighted by Crippen LogP contribution is -2.14. The molecule has 0 aromatic carbocycles. The molecule has 0 aromatic rings. The average molecular weight is 135 g/mol. The van der Waals surface area contributed by atoms with Crippen LogP contribution in [0.4, 0.5) is 0 Å². The molecule has 1 N–H and O–H groups in total. The number of hydrogen-bond donors (Lipinski definition) is 1. The monoisotopic (exact) mass is 135 g/mol. The van der Waals surface area contributed by atoms with Gasteiger partial charge in [0.25, 0.3) is 0 Å². The van der Waals surface area contributed by atoms with Crippen molar-refractivity contribution in [3.05, 3.63) is 12.0 Å². The zero-order valence-electron chi connectivity index (χ0n) is 5.59. The fourth-order valence-corrected chi connectivity index (χ4v) is 0.447. The van der Waals surface area contributed by atoms with Crippen LogP contribution in [0.2, 0.25) is 0 Å². The van der Waals surface area contributed by atoms with Gasteiger partial charge in [0, 0.05) is 6.26 Å². The number of rotatable bonds is 2. The predicted octanol–water partition coefficient (Wildman–Crippen LogP) is 1.51. The maximum atomic E-state index is 9.29. The van der Waals surface area contributed by atoms with E-state index in [-0.39, 0.29) is 0 Å². The van der Waals surface area contributed by atoms with E-state index < -0.39 is 10.5 Å². The van der Waals surface area contributed by atoms with Crippen molar-refractivity contribution in [2.45, 2.75) is 0 Å². The Morgan fingerprint density at radius 1 is 1.62 bits per heavy atom. The summed E-state index contributed by atoms with van der Waals surface area (Å²) >= 11 is 0. The minimum absolute atomic E-state index is 1.58. The summed E-state index contributed by atoms with van der Waals surface area (Å²) < 4.78 is 11.1. The highest BCUT2D eigenvalue weighted by molar-refractivity contribution is 8.29. The van der Waals surface area contributed by atoms with Crippen LogP contribution >= 0.6 is 10.5 Å². The predicted molar refractivity (Wildman–Crippen MR) is 40.0 cm³/mol. The summed E-state index contributed by atoms with van der Waals surface area (Å²) in [5, 5.41) is 1.58. The van der Waals surface area contributed by atoms with E-state index in [0.29, 0.717) is 0 Å². The smallest absolute Gasteiger partial charge is 0.00366 e. The summed E-state index contributed by atoms with van der Waals surface area (Å²) in [5.74, 6) is 0. The fourth-order valence-electron chi connectivity index (χ4n) is 0.149. The molecule has 0 fully saturated rings. The first-order valence-electron chi connectivity index (χ1n) is 2.31. The van der Waals surface area contributed by atoms with Gasteiger partial charge < -0.3 is 4.55 Å². The Kier molecular flexibility index (Phi) is 2.53. The third-order valence-corrected chi connectivity index (χ3v) is 3.17. The van der Waals surface area contributed by atoms with Gasteiger partial charge in [-0.1, -0.05) is 17.1 Å². The molecule has 50 valence electrons. The van der Waals surface area contributed by atoms with Gasteiger partial charge in [0.05, 0.1) is 0 Å². The largest absolute Gasteiger partial charge is 0.335 e. The van der Waals surface area contributed by atoms with Crippen LogP contribution in [0.1, 0.15) is 0 Å². The van der Waals surface area contributed by atoms with Crippen LogP contribution in [-0.2, 0) is 0 Å².